The van der Waals surface area contributed by atoms with Crippen LogP contribution in [0.25, 0.3) is 10.9 Å². The number of nitrogens with zero attached hydrogens (tertiary/aromatic N) is 1. The Labute approximate surface area is 91.4 Å². The number of ether oxygens (including phenoxy) is 1. The fourth-order valence-corrected chi connectivity index (χ4v) is 1.63. The minimum Gasteiger partial charge on any atom is -0.494 e. The zero-order valence-electron chi connectivity index (χ0n) is 7.42. The molecule has 2 rings (SSSR count). The number of methoxy groups -OCH3 is 1. The van der Waals surface area contributed by atoms with E-state index in [2.05, 4.69) is 4.98 Å². The van der Waals surface area contributed by atoms with Crippen LogP contribution in [-0.2, 0) is 0 Å². The highest BCUT2D eigenvalue weighted by Crippen LogP contribution is 2.27. The van der Waals surface area contributed by atoms with Crippen LogP contribution in [0.2, 0.25) is 10.2 Å². The maximum Gasteiger partial charge on any atom is 0.171 e. The molecular weight excluding hydrogens is 221 g/mol. The maximum atomic E-state index is 5.88. The number of benzene rings is 1. The summed E-state index contributed by atoms with van der Waals surface area (Å²) in [6.07, 6.45) is 0. The van der Waals surface area contributed by atoms with Crippen molar-refractivity contribution in [3.8, 4) is 5.75 Å². The van der Waals surface area contributed by atoms with Gasteiger partial charge < -0.3 is 4.74 Å². The zero-order chi connectivity index (χ0) is 10.1. The number of hydrogen-bond donors (Lipinski definition) is 0. The number of halogens is 2. The molecule has 0 spiro atoms. The molecule has 1 heterocycles. The predicted molar refractivity (Wildman–Crippen MR) is 58.3 cm³/mol. The molecular formula is C10H7Cl2NO. The molecule has 0 bridgehead atoms. The summed E-state index contributed by atoms with van der Waals surface area (Å²) in [6, 6.07) is 7.28. The van der Waals surface area contributed by atoms with Gasteiger partial charge >= 0.3 is 0 Å². The Morgan fingerprint density at radius 3 is 2.71 bits per heavy atom. The predicted octanol–water partition coefficient (Wildman–Crippen LogP) is 3.55. The number of hydrogen-bond acceptors (Lipinski definition) is 2. The standard InChI is InChI=1S/C10H7Cl2NO/c1-14-9-4-6-2-3-7(11)5-8(6)13-10(9)12/h2-5H,1H3. The molecule has 0 aliphatic carbocycles. The molecule has 0 saturated heterocycles. The number of aromatic nitrogens is 1. The summed E-state index contributed by atoms with van der Waals surface area (Å²) in [5, 5.41) is 1.95. The highest BCUT2D eigenvalue weighted by molar-refractivity contribution is 6.32. The van der Waals surface area contributed by atoms with Crippen molar-refractivity contribution >= 4 is 34.1 Å². The van der Waals surface area contributed by atoms with Crippen LogP contribution in [-0.4, -0.2) is 12.1 Å². The van der Waals surface area contributed by atoms with Gasteiger partial charge in [-0.25, -0.2) is 4.98 Å². The lowest BCUT2D eigenvalue weighted by Crippen LogP contribution is -1.88. The van der Waals surface area contributed by atoms with Crippen molar-refractivity contribution in [1.82, 2.24) is 4.98 Å². The van der Waals surface area contributed by atoms with Crippen molar-refractivity contribution in [2.45, 2.75) is 0 Å². The molecule has 0 atom stereocenters. The maximum absolute atomic E-state index is 5.88. The van der Waals surface area contributed by atoms with Crippen LogP contribution >= 0.6 is 23.2 Å². The fraction of sp³-hybridized carbons (Fsp3) is 0.100. The van der Waals surface area contributed by atoms with Gasteiger partial charge in [0.15, 0.2) is 10.9 Å². The molecule has 72 valence electrons. The van der Waals surface area contributed by atoms with Gasteiger partial charge in [-0.3, -0.25) is 0 Å². The lowest BCUT2D eigenvalue weighted by atomic mass is 10.2. The van der Waals surface area contributed by atoms with Crippen molar-refractivity contribution in [1.29, 1.82) is 0 Å². The monoisotopic (exact) mass is 227 g/mol. The normalized spacial score (nSPS) is 10.5. The van der Waals surface area contributed by atoms with Gasteiger partial charge in [-0.15, -0.1) is 0 Å². The molecule has 0 amide bonds. The Balaban J connectivity index is 2.73. The molecule has 0 fully saturated rings. The Hall–Kier alpha value is -0.990. The minimum absolute atomic E-state index is 0.349. The van der Waals surface area contributed by atoms with E-state index in [9.17, 15) is 0 Å². The molecule has 1 aromatic carbocycles. The molecule has 0 unspecified atom stereocenters. The Morgan fingerprint density at radius 2 is 2.00 bits per heavy atom. The number of pyridine rings is 1. The van der Waals surface area contributed by atoms with Crippen molar-refractivity contribution in [2.75, 3.05) is 7.11 Å². The lowest BCUT2D eigenvalue weighted by molar-refractivity contribution is 0.414. The quantitative estimate of drug-likeness (QED) is 0.696. The second-order valence-corrected chi connectivity index (χ2v) is 3.61. The Kier molecular flexibility index (Phi) is 2.48. The van der Waals surface area contributed by atoms with Crippen molar-refractivity contribution < 1.29 is 4.74 Å². The van der Waals surface area contributed by atoms with Crippen molar-refractivity contribution in [3.05, 3.63) is 34.4 Å². The second kappa shape index (κ2) is 3.64. The zero-order valence-corrected chi connectivity index (χ0v) is 8.93. The molecule has 0 aliphatic heterocycles. The molecule has 14 heavy (non-hydrogen) atoms. The largest absolute Gasteiger partial charge is 0.494 e. The summed E-state index contributed by atoms with van der Waals surface area (Å²) >= 11 is 11.7. The summed E-state index contributed by atoms with van der Waals surface area (Å²) in [5.74, 6) is 0.571. The van der Waals surface area contributed by atoms with Crippen LogP contribution < -0.4 is 4.74 Å². The molecule has 1 aromatic heterocycles. The average Bonchev–Trinajstić information content (AvgIpc) is 2.16. The van der Waals surface area contributed by atoms with Gasteiger partial charge in [0.05, 0.1) is 12.6 Å². The highest BCUT2D eigenvalue weighted by Gasteiger charge is 2.04. The first-order chi connectivity index (χ1) is 6.70. The van der Waals surface area contributed by atoms with Crippen LogP contribution in [0, 0.1) is 0 Å². The van der Waals surface area contributed by atoms with Gasteiger partial charge in [-0.05, 0) is 18.2 Å². The van der Waals surface area contributed by atoms with E-state index in [4.69, 9.17) is 27.9 Å². The van der Waals surface area contributed by atoms with Crippen molar-refractivity contribution in [2.24, 2.45) is 0 Å². The highest BCUT2D eigenvalue weighted by atomic mass is 35.5. The summed E-state index contributed by atoms with van der Waals surface area (Å²) < 4.78 is 5.06. The van der Waals surface area contributed by atoms with Gasteiger partial charge in [0.1, 0.15) is 0 Å². The van der Waals surface area contributed by atoms with E-state index in [1.54, 1.807) is 19.2 Å². The third-order valence-electron chi connectivity index (χ3n) is 1.92. The molecule has 0 saturated carbocycles. The smallest absolute Gasteiger partial charge is 0.171 e. The lowest BCUT2D eigenvalue weighted by Gasteiger charge is -2.04. The summed E-state index contributed by atoms with van der Waals surface area (Å²) in [5.41, 5.74) is 0.767. The first-order valence-electron chi connectivity index (χ1n) is 4.00. The molecule has 0 radical (unpaired) electrons. The average molecular weight is 228 g/mol. The molecule has 2 nitrogen and oxygen atoms in total. The van der Waals surface area contributed by atoms with Crippen molar-refractivity contribution in [3.63, 3.8) is 0 Å². The first-order valence-corrected chi connectivity index (χ1v) is 4.76. The summed E-state index contributed by atoms with van der Waals surface area (Å²) in [4.78, 5) is 4.16. The van der Waals surface area contributed by atoms with Gasteiger partial charge in [0, 0.05) is 10.4 Å². The number of fused-ring (bicyclic) bond motifs is 1. The van der Waals surface area contributed by atoms with Crippen LogP contribution in [0.5, 0.6) is 5.75 Å². The van der Waals surface area contributed by atoms with E-state index in [-0.39, 0.29) is 0 Å². The van der Waals surface area contributed by atoms with E-state index in [1.807, 2.05) is 12.1 Å². The van der Waals surface area contributed by atoms with E-state index in [0.717, 1.165) is 10.9 Å². The van der Waals surface area contributed by atoms with Gasteiger partial charge in [-0.2, -0.15) is 0 Å². The van der Waals surface area contributed by atoms with Gasteiger partial charge in [0.2, 0.25) is 0 Å². The third kappa shape index (κ3) is 1.63. The Morgan fingerprint density at radius 1 is 1.21 bits per heavy atom. The topological polar surface area (TPSA) is 22.1 Å². The summed E-state index contributed by atoms with van der Waals surface area (Å²) in [7, 11) is 1.56. The minimum atomic E-state index is 0.349. The summed E-state index contributed by atoms with van der Waals surface area (Å²) in [6.45, 7) is 0. The number of rotatable bonds is 1. The van der Waals surface area contributed by atoms with E-state index < -0.39 is 0 Å². The fourth-order valence-electron chi connectivity index (χ4n) is 1.24. The second-order valence-electron chi connectivity index (χ2n) is 2.82. The van der Waals surface area contributed by atoms with E-state index >= 15 is 0 Å². The van der Waals surface area contributed by atoms with Crippen LogP contribution in [0.1, 0.15) is 0 Å². The SMILES string of the molecule is COc1cc2ccc(Cl)cc2nc1Cl. The van der Waals surface area contributed by atoms with Gasteiger partial charge in [0.25, 0.3) is 0 Å². The molecule has 2 aromatic rings. The van der Waals surface area contributed by atoms with Gasteiger partial charge in [-0.1, -0.05) is 29.3 Å². The molecule has 0 aliphatic rings. The van der Waals surface area contributed by atoms with Crippen LogP contribution in [0.15, 0.2) is 24.3 Å². The first kappa shape index (κ1) is 9.56. The Bertz CT molecular complexity index is 485. The van der Waals surface area contributed by atoms with Crippen LogP contribution in [0.4, 0.5) is 0 Å². The molecule has 0 N–H and O–H groups in total. The van der Waals surface area contributed by atoms with Crippen LogP contribution in [0.3, 0.4) is 0 Å². The third-order valence-corrected chi connectivity index (χ3v) is 2.43. The molecule has 4 heteroatoms. The van der Waals surface area contributed by atoms with E-state index in [0.29, 0.717) is 15.9 Å². The van der Waals surface area contributed by atoms with E-state index in [1.165, 1.54) is 0 Å².